The first-order valence-electron chi connectivity index (χ1n) is 5.34. The van der Waals surface area contributed by atoms with E-state index < -0.39 is 0 Å². The Morgan fingerprint density at radius 2 is 2.18 bits per heavy atom. The summed E-state index contributed by atoms with van der Waals surface area (Å²) in [5, 5.41) is 9.52. The maximum atomic E-state index is 12.0. The molecule has 0 fully saturated rings. The van der Waals surface area contributed by atoms with E-state index in [0.29, 0.717) is 29.8 Å². The number of aliphatic hydroxyl groups excluding tert-OH is 1. The second-order valence-electron chi connectivity index (χ2n) is 3.48. The SMILES string of the molecule is CN(CCO)C(=O)c1ccccc1OCCBr. The molecule has 0 heterocycles. The standard InChI is InChI=1S/C12H16BrNO3/c1-14(7-8-15)12(16)10-4-2-3-5-11(10)17-9-6-13/h2-5,15H,6-9H2,1H3. The Bertz CT molecular complexity index is 371. The first kappa shape index (κ1) is 14.0. The molecule has 94 valence electrons. The molecule has 0 aromatic heterocycles. The third-order valence-electron chi connectivity index (χ3n) is 2.23. The number of para-hydroxylation sites is 1. The molecule has 1 amide bonds. The summed E-state index contributed by atoms with van der Waals surface area (Å²) in [5.41, 5.74) is 0.518. The van der Waals surface area contributed by atoms with Crippen molar-refractivity contribution < 1.29 is 14.6 Å². The van der Waals surface area contributed by atoms with E-state index in [0.717, 1.165) is 0 Å². The predicted octanol–water partition coefficient (Wildman–Crippen LogP) is 1.52. The lowest BCUT2D eigenvalue weighted by Crippen LogP contribution is -2.29. The molecule has 0 aliphatic rings. The summed E-state index contributed by atoms with van der Waals surface area (Å²) in [6.07, 6.45) is 0. The molecule has 4 nitrogen and oxygen atoms in total. The van der Waals surface area contributed by atoms with E-state index in [4.69, 9.17) is 9.84 Å². The number of alkyl halides is 1. The highest BCUT2D eigenvalue weighted by Gasteiger charge is 2.15. The van der Waals surface area contributed by atoms with E-state index in [1.165, 1.54) is 4.90 Å². The van der Waals surface area contributed by atoms with Crippen molar-refractivity contribution in [1.82, 2.24) is 4.90 Å². The van der Waals surface area contributed by atoms with E-state index in [1.807, 2.05) is 6.07 Å². The highest BCUT2D eigenvalue weighted by molar-refractivity contribution is 9.09. The molecule has 1 aromatic rings. The Morgan fingerprint density at radius 3 is 2.82 bits per heavy atom. The number of carbonyl (C=O) groups excluding carboxylic acids is 1. The van der Waals surface area contributed by atoms with Gasteiger partial charge < -0.3 is 14.7 Å². The van der Waals surface area contributed by atoms with E-state index in [2.05, 4.69) is 15.9 Å². The zero-order valence-corrected chi connectivity index (χ0v) is 11.3. The summed E-state index contributed by atoms with van der Waals surface area (Å²) < 4.78 is 5.48. The van der Waals surface area contributed by atoms with Crippen LogP contribution in [0.1, 0.15) is 10.4 Å². The summed E-state index contributed by atoms with van der Waals surface area (Å²) in [5.74, 6) is 0.422. The van der Waals surface area contributed by atoms with Crippen LogP contribution in [0.2, 0.25) is 0 Å². The van der Waals surface area contributed by atoms with Gasteiger partial charge in [0.05, 0.1) is 18.8 Å². The first-order chi connectivity index (χ1) is 8.20. The zero-order chi connectivity index (χ0) is 12.7. The molecule has 1 aromatic carbocycles. The number of halogens is 1. The van der Waals surface area contributed by atoms with Crippen LogP contribution in [-0.2, 0) is 0 Å². The number of benzene rings is 1. The van der Waals surface area contributed by atoms with Crippen molar-refractivity contribution >= 4 is 21.8 Å². The van der Waals surface area contributed by atoms with Gasteiger partial charge in [0, 0.05) is 18.9 Å². The predicted molar refractivity (Wildman–Crippen MR) is 69.8 cm³/mol. The molecule has 17 heavy (non-hydrogen) atoms. The number of ether oxygens (including phenoxy) is 1. The maximum Gasteiger partial charge on any atom is 0.257 e. The highest BCUT2D eigenvalue weighted by atomic mass is 79.9. The van der Waals surface area contributed by atoms with Gasteiger partial charge in [-0.2, -0.15) is 0 Å². The summed E-state index contributed by atoms with van der Waals surface area (Å²) in [6.45, 7) is 0.770. The van der Waals surface area contributed by atoms with Gasteiger partial charge >= 0.3 is 0 Å². The molecule has 0 saturated heterocycles. The molecule has 1 rings (SSSR count). The first-order valence-corrected chi connectivity index (χ1v) is 6.47. The largest absolute Gasteiger partial charge is 0.492 e. The van der Waals surface area contributed by atoms with Gasteiger partial charge in [0.25, 0.3) is 5.91 Å². The van der Waals surface area contributed by atoms with Crippen molar-refractivity contribution in [2.45, 2.75) is 0 Å². The number of hydrogen-bond acceptors (Lipinski definition) is 3. The van der Waals surface area contributed by atoms with Crippen molar-refractivity contribution in [3.63, 3.8) is 0 Å². The van der Waals surface area contributed by atoms with Gasteiger partial charge in [-0.25, -0.2) is 0 Å². The van der Waals surface area contributed by atoms with Crippen LogP contribution >= 0.6 is 15.9 Å². The molecule has 0 aliphatic heterocycles. The van der Waals surface area contributed by atoms with Crippen LogP contribution in [0.25, 0.3) is 0 Å². The third kappa shape index (κ3) is 4.02. The topological polar surface area (TPSA) is 49.8 Å². The molecule has 0 unspecified atom stereocenters. The minimum Gasteiger partial charge on any atom is -0.492 e. The number of amides is 1. The second-order valence-corrected chi connectivity index (χ2v) is 4.28. The highest BCUT2D eigenvalue weighted by Crippen LogP contribution is 2.19. The average molecular weight is 302 g/mol. The van der Waals surface area contributed by atoms with E-state index in [9.17, 15) is 4.79 Å². The van der Waals surface area contributed by atoms with Gasteiger partial charge in [-0.1, -0.05) is 28.1 Å². The van der Waals surface area contributed by atoms with Gasteiger partial charge in [-0.15, -0.1) is 0 Å². The molecule has 0 bridgehead atoms. The van der Waals surface area contributed by atoms with Crippen LogP contribution in [-0.4, -0.2) is 48.0 Å². The Hall–Kier alpha value is -1.07. The molecule has 0 saturated carbocycles. The van der Waals surface area contributed by atoms with Crippen molar-refractivity contribution in [1.29, 1.82) is 0 Å². The molecular weight excluding hydrogens is 286 g/mol. The van der Waals surface area contributed by atoms with Crippen LogP contribution in [0.15, 0.2) is 24.3 Å². The lowest BCUT2D eigenvalue weighted by atomic mass is 10.2. The fraction of sp³-hybridized carbons (Fsp3) is 0.417. The Morgan fingerprint density at radius 1 is 1.47 bits per heavy atom. The number of aliphatic hydroxyl groups is 1. The van der Waals surface area contributed by atoms with Gasteiger partial charge in [-0.3, -0.25) is 4.79 Å². The molecule has 5 heteroatoms. The van der Waals surface area contributed by atoms with Crippen LogP contribution in [0.3, 0.4) is 0 Å². The van der Waals surface area contributed by atoms with Crippen molar-refractivity contribution in [3.05, 3.63) is 29.8 Å². The summed E-state index contributed by atoms with van der Waals surface area (Å²) >= 11 is 3.27. The lowest BCUT2D eigenvalue weighted by molar-refractivity contribution is 0.0763. The van der Waals surface area contributed by atoms with Crippen molar-refractivity contribution in [2.24, 2.45) is 0 Å². The third-order valence-corrected chi connectivity index (χ3v) is 2.56. The lowest BCUT2D eigenvalue weighted by Gasteiger charge is -2.17. The van der Waals surface area contributed by atoms with Crippen molar-refractivity contribution in [3.8, 4) is 5.75 Å². The number of nitrogens with zero attached hydrogens (tertiary/aromatic N) is 1. The fourth-order valence-corrected chi connectivity index (χ4v) is 1.54. The molecule has 0 atom stereocenters. The molecule has 0 aliphatic carbocycles. The number of rotatable bonds is 6. The maximum absolute atomic E-state index is 12.0. The molecule has 0 radical (unpaired) electrons. The van der Waals surface area contributed by atoms with E-state index >= 15 is 0 Å². The van der Waals surface area contributed by atoms with E-state index in [1.54, 1.807) is 25.2 Å². The van der Waals surface area contributed by atoms with Gasteiger partial charge in [0.2, 0.25) is 0 Å². The summed E-state index contributed by atoms with van der Waals surface area (Å²) in [7, 11) is 1.65. The van der Waals surface area contributed by atoms with Crippen LogP contribution < -0.4 is 4.74 Å². The molecule has 1 N–H and O–H groups in total. The van der Waals surface area contributed by atoms with Crippen LogP contribution in [0, 0.1) is 0 Å². The Labute approximate surface area is 109 Å². The second kappa shape index (κ2) is 7.29. The molecular formula is C12H16BrNO3. The zero-order valence-electron chi connectivity index (χ0n) is 9.73. The number of hydrogen-bond donors (Lipinski definition) is 1. The minimum absolute atomic E-state index is 0.0489. The Kier molecular flexibility index (Phi) is 6.00. The summed E-state index contributed by atoms with van der Waals surface area (Å²) in [6, 6.07) is 7.11. The van der Waals surface area contributed by atoms with Crippen LogP contribution in [0.5, 0.6) is 5.75 Å². The smallest absolute Gasteiger partial charge is 0.257 e. The monoisotopic (exact) mass is 301 g/mol. The van der Waals surface area contributed by atoms with Gasteiger partial charge in [0.1, 0.15) is 5.75 Å². The fourth-order valence-electron chi connectivity index (χ4n) is 1.37. The molecule has 0 spiro atoms. The average Bonchev–Trinajstić information content (AvgIpc) is 2.36. The van der Waals surface area contributed by atoms with Crippen LogP contribution in [0.4, 0.5) is 0 Å². The normalized spacial score (nSPS) is 10.1. The summed E-state index contributed by atoms with van der Waals surface area (Å²) in [4.78, 5) is 13.5. The minimum atomic E-state index is -0.149. The van der Waals surface area contributed by atoms with Gasteiger partial charge in [-0.05, 0) is 12.1 Å². The van der Waals surface area contributed by atoms with E-state index in [-0.39, 0.29) is 12.5 Å². The quantitative estimate of drug-likeness (QED) is 0.811. The Balaban J connectivity index is 2.84. The van der Waals surface area contributed by atoms with Gasteiger partial charge in [0.15, 0.2) is 0 Å². The number of carbonyl (C=O) groups is 1. The van der Waals surface area contributed by atoms with Crippen molar-refractivity contribution in [2.75, 3.05) is 32.1 Å². The number of likely N-dealkylation sites (N-methyl/N-ethyl adjacent to an activating group) is 1.